The van der Waals surface area contributed by atoms with Crippen LogP contribution in [0.2, 0.25) is 0 Å². The zero-order valence-corrected chi connectivity index (χ0v) is 13.6. The van der Waals surface area contributed by atoms with E-state index in [1.807, 2.05) is 24.3 Å². The number of allylic oxidation sites excluding steroid dienone is 1. The van der Waals surface area contributed by atoms with Crippen LogP contribution in [0.1, 0.15) is 43.2 Å². The summed E-state index contributed by atoms with van der Waals surface area (Å²) < 4.78 is 0. The lowest BCUT2D eigenvalue weighted by atomic mass is 9.97. The molecule has 0 fully saturated rings. The van der Waals surface area contributed by atoms with Gasteiger partial charge in [-0.1, -0.05) is 29.8 Å². The number of hydrogen-bond acceptors (Lipinski definition) is 3. The number of nitriles is 1. The van der Waals surface area contributed by atoms with Crippen molar-refractivity contribution in [2.45, 2.75) is 37.9 Å². The average Bonchev–Trinajstić information content (AvgIpc) is 2.56. The van der Waals surface area contributed by atoms with Crippen LogP contribution in [0.25, 0.3) is 0 Å². The maximum absolute atomic E-state index is 11.8. The minimum Gasteiger partial charge on any atom is -0.355 e. The molecule has 0 saturated carbocycles. The number of benzene rings is 1. The van der Waals surface area contributed by atoms with Gasteiger partial charge in [-0.3, -0.25) is 4.79 Å². The van der Waals surface area contributed by atoms with Gasteiger partial charge < -0.3 is 5.32 Å². The molecule has 0 unspecified atom stereocenters. The summed E-state index contributed by atoms with van der Waals surface area (Å²) >= 11 is 1.55. The summed E-state index contributed by atoms with van der Waals surface area (Å²) in [6.45, 7) is 0.736. The zero-order chi connectivity index (χ0) is 15.6. The van der Waals surface area contributed by atoms with Crippen molar-refractivity contribution in [3.8, 4) is 6.07 Å². The third-order valence-electron chi connectivity index (χ3n) is 3.78. The fourth-order valence-electron chi connectivity index (χ4n) is 2.55. The second-order valence-corrected chi connectivity index (χ2v) is 6.46. The van der Waals surface area contributed by atoms with E-state index < -0.39 is 0 Å². The molecule has 0 aromatic heterocycles. The predicted octanol–water partition coefficient (Wildman–Crippen LogP) is 3.80. The first kappa shape index (κ1) is 16.6. The Labute approximate surface area is 136 Å². The molecule has 0 spiro atoms. The Morgan fingerprint density at radius 3 is 2.95 bits per heavy atom. The summed E-state index contributed by atoms with van der Waals surface area (Å²) in [5, 5.41) is 12.0. The molecule has 4 heteroatoms. The summed E-state index contributed by atoms with van der Waals surface area (Å²) in [6.07, 6.45) is 8.27. The van der Waals surface area contributed by atoms with Crippen LogP contribution in [0.5, 0.6) is 0 Å². The van der Waals surface area contributed by atoms with E-state index in [0.29, 0.717) is 17.1 Å². The van der Waals surface area contributed by atoms with Gasteiger partial charge in [0, 0.05) is 12.3 Å². The molecule has 22 heavy (non-hydrogen) atoms. The minimum atomic E-state index is 0.0795. The Morgan fingerprint density at radius 1 is 1.32 bits per heavy atom. The van der Waals surface area contributed by atoms with Crippen LogP contribution in [0.3, 0.4) is 0 Å². The van der Waals surface area contributed by atoms with Crippen molar-refractivity contribution in [1.29, 1.82) is 5.26 Å². The summed E-state index contributed by atoms with van der Waals surface area (Å²) in [7, 11) is 0. The van der Waals surface area contributed by atoms with Gasteiger partial charge in [-0.2, -0.15) is 5.26 Å². The molecule has 1 aliphatic rings. The molecule has 116 valence electrons. The molecular weight excluding hydrogens is 292 g/mol. The van der Waals surface area contributed by atoms with E-state index >= 15 is 0 Å². The van der Waals surface area contributed by atoms with E-state index in [9.17, 15) is 4.79 Å². The van der Waals surface area contributed by atoms with Gasteiger partial charge in [0.2, 0.25) is 5.91 Å². The van der Waals surface area contributed by atoms with Gasteiger partial charge in [0.05, 0.1) is 17.4 Å². The van der Waals surface area contributed by atoms with Gasteiger partial charge in [0.1, 0.15) is 0 Å². The molecule has 0 heterocycles. The van der Waals surface area contributed by atoms with E-state index in [4.69, 9.17) is 5.26 Å². The lowest BCUT2D eigenvalue weighted by Crippen LogP contribution is -2.26. The number of amides is 1. The summed E-state index contributed by atoms with van der Waals surface area (Å²) in [5.74, 6) is 1.22. The molecule has 0 saturated heterocycles. The molecule has 0 bridgehead atoms. The molecule has 1 aliphatic carbocycles. The van der Waals surface area contributed by atoms with Gasteiger partial charge in [-0.05, 0) is 43.7 Å². The molecule has 0 atom stereocenters. The van der Waals surface area contributed by atoms with Crippen LogP contribution < -0.4 is 5.32 Å². The topological polar surface area (TPSA) is 52.9 Å². The Morgan fingerprint density at radius 2 is 2.18 bits per heavy atom. The zero-order valence-electron chi connectivity index (χ0n) is 12.8. The fourth-order valence-corrected chi connectivity index (χ4v) is 3.42. The van der Waals surface area contributed by atoms with Crippen LogP contribution in [0.15, 0.2) is 35.9 Å². The number of hydrogen-bond donors (Lipinski definition) is 1. The van der Waals surface area contributed by atoms with E-state index in [1.54, 1.807) is 11.8 Å². The average molecular weight is 314 g/mol. The van der Waals surface area contributed by atoms with Crippen molar-refractivity contribution < 1.29 is 4.79 Å². The van der Waals surface area contributed by atoms with Crippen molar-refractivity contribution in [2.75, 3.05) is 12.3 Å². The first-order valence-electron chi connectivity index (χ1n) is 7.80. The largest absolute Gasteiger partial charge is 0.355 e. The second-order valence-electron chi connectivity index (χ2n) is 5.47. The normalized spacial score (nSPS) is 14.0. The van der Waals surface area contributed by atoms with E-state index in [1.165, 1.54) is 31.3 Å². The van der Waals surface area contributed by atoms with Crippen molar-refractivity contribution in [1.82, 2.24) is 5.32 Å². The Balaban J connectivity index is 1.63. The van der Waals surface area contributed by atoms with Crippen LogP contribution in [0, 0.1) is 11.3 Å². The van der Waals surface area contributed by atoms with Crippen molar-refractivity contribution >= 4 is 17.7 Å². The van der Waals surface area contributed by atoms with Gasteiger partial charge in [0.25, 0.3) is 0 Å². The van der Waals surface area contributed by atoms with Crippen molar-refractivity contribution in [3.05, 3.63) is 47.0 Å². The van der Waals surface area contributed by atoms with E-state index in [2.05, 4.69) is 17.5 Å². The molecule has 0 radical (unpaired) electrons. The smallest absolute Gasteiger partial charge is 0.230 e. The summed E-state index contributed by atoms with van der Waals surface area (Å²) in [4.78, 5) is 11.8. The Bertz CT molecular complexity index is 575. The number of carbonyl (C=O) groups is 1. The second kappa shape index (κ2) is 9.32. The highest BCUT2D eigenvalue weighted by Gasteiger charge is 2.06. The van der Waals surface area contributed by atoms with E-state index in [-0.39, 0.29) is 5.91 Å². The highest BCUT2D eigenvalue weighted by molar-refractivity contribution is 7.99. The lowest BCUT2D eigenvalue weighted by molar-refractivity contribution is -0.118. The van der Waals surface area contributed by atoms with Crippen molar-refractivity contribution in [2.24, 2.45) is 0 Å². The van der Waals surface area contributed by atoms with Crippen LogP contribution >= 0.6 is 11.8 Å². The standard InChI is InChI=1S/C18H22N2OS/c19-12-16-8-4-5-9-17(16)13-22-14-18(21)20-11-10-15-6-2-1-3-7-15/h4-6,8-9H,1-3,7,10-11,13-14H2,(H,20,21). The number of rotatable bonds is 7. The highest BCUT2D eigenvalue weighted by Crippen LogP contribution is 2.19. The molecule has 2 rings (SSSR count). The van der Waals surface area contributed by atoms with E-state index in [0.717, 1.165) is 18.5 Å². The Kier molecular flexibility index (Phi) is 7.05. The van der Waals surface area contributed by atoms with Gasteiger partial charge in [-0.15, -0.1) is 11.8 Å². The monoisotopic (exact) mass is 314 g/mol. The maximum Gasteiger partial charge on any atom is 0.230 e. The minimum absolute atomic E-state index is 0.0795. The molecule has 3 nitrogen and oxygen atoms in total. The molecule has 1 aromatic rings. The number of thioether (sulfide) groups is 1. The maximum atomic E-state index is 11.8. The van der Waals surface area contributed by atoms with Crippen LogP contribution in [-0.2, 0) is 10.5 Å². The predicted molar refractivity (Wildman–Crippen MR) is 91.5 cm³/mol. The highest BCUT2D eigenvalue weighted by atomic mass is 32.2. The summed E-state index contributed by atoms with van der Waals surface area (Å²) in [6, 6.07) is 9.73. The SMILES string of the molecule is N#Cc1ccccc1CSCC(=O)NCCC1=CCCCC1. The van der Waals surface area contributed by atoms with Crippen LogP contribution in [-0.4, -0.2) is 18.2 Å². The first-order chi connectivity index (χ1) is 10.8. The van der Waals surface area contributed by atoms with Crippen LogP contribution in [0.4, 0.5) is 0 Å². The third-order valence-corrected chi connectivity index (χ3v) is 4.76. The molecule has 1 amide bonds. The molecule has 1 aromatic carbocycles. The van der Waals surface area contributed by atoms with Gasteiger partial charge in [-0.25, -0.2) is 0 Å². The van der Waals surface area contributed by atoms with Gasteiger partial charge in [0.15, 0.2) is 0 Å². The lowest BCUT2D eigenvalue weighted by Gasteiger charge is -2.12. The molecular formula is C18H22N2OS. The molecule has 0 aliphatic heterocycles. The van der Waals surface area contributed by atoms with Crippen molar-refractivity contribution in [3.63, 3.8) is 0 Å². The third kappa shape index (κ3) is 5.57. The molecule has 1 N–H and O–H groups in total. The number of nitrogens with one attached hydrogen (secondary N) is 1. The Hall–Kier alpha value is -1.73. The summed E-state index contributed by atoms with van der Waals surface area (Å²) in [5.41, 5.74) is 3.18. The quantitative estimate of drug-likeness (QED) is 0.779. The number of carbonyl (C=O) groups excluding carboxylic acids is 1. The first-order valence-corrected chi connectivity index (χ1v) is 8.95. The van der Waals surface area contributed by atoms with Gasteiger partial charge >= 0.3 is 0 Å². The number of nitrogens with zero attached hydrogens (tertiary/aromatic N) is 1. The fraction of sp³-hybridized carbons (Fsp3) is 0.444.